The summed E-state index contributed by atoms with van der Waals surface area (Å²) in [6.45, 7) is 2.11. The van der Waals surface area contributed by atoms with Gasteiger partial charge in [-0.05, 0) is 49.7 Å². The van der Waals surface area contributed by atoms with E-state index in [1.807, 2.05) is 4.90 Å². The molecule has 2 atom stereocenters. The van der Waals surface area contributed by atoms with Gasteiger partial charge in [0.15, 0.2) is 0 Å². The summed E-state index contributed by atoms with van der Waals surface area (Å²) >= 11 is 0. The Kier molecular flexibility index (Phi) is 4.91. The first-order valence-electron chi connectivity index (χ1n) is 10.4. The maximum Gasteiger partial charge on any atom is 0.299 e. The molecule has 1 aromatic heterocycles. The van der Waals surface area contributed by atoms with E-state index in [4.69, 9.17) is 12.2 Å². The summed E-state index contributed by atoms with van der Waals surface area (Å²) < 4.78 is 28.6. The molecule has 3 N–H and O–H groups in total. The normalized spacial score (nSPS) is 31.2. The second-order valence-corrected chi connectivity index (χ2v) is 9.34. The largest absolute Gasteiger partial charge is 0.354 e. The van der Waals surface area contributed by atoms with E-state index >= 15 is 0 Å². The van der Waals surface area contributed by atoms with Crippen molar-refractivity contribution in [1.29, 1.82) is 0 Å². The number of nitrogens with two attached hydrogens (primary N) is 1. The smallest absolute Gasteiger partial charge is 0.299 e. The number of H-pyrrole nitrogens is 1. The fourth-order valence-corrected chi connectivity index (χ4v) is 6.31. The van der Waals surface area contributed by atoms with Crippen LogP contribution in [0.1, 0.15) is 62.7 Å². The van der Waals surface area contributed by atoms with E-state index in [1.165, 1.54) is 6.07 Å². The first kappa shape index (κ1) is 21.1. The van der Waals surface area contributed by atoms with Gasteiger partial charge < -0.3 is 15.6 Å². The molecule has 3 saturated carbocycles. The van der Waals surface area contributed by atoms with Gasteiger partial charge in [-0.25, -0.2) is 8.78 Å². The Bertz CT molecular complexity index is 1050. The predicted octanol–water partition coefficient (Wildman–Crippen LogP) is 4.37. The van der Waals surface area contributed by atoms with Gasteiger partial charge in [-0.3, -0.25) is 4.79 Å². The highest BCUT2D eigenvalue weighted by atomic mass is 35.5. The lowest BCUT2D eigenvalue weighted by molar-refractivity contribution is -0.195. The van der Waals surface area contributed by atoms with E-state index in [0.717, 1.165) is 55.8 Å². The predicted molar refractivity (Wildman–Crippen MR) is 114 cm³/mol. The Morgan fingerprint density at radius 1 is 1.37 bits per heavy atom. The second-order valence-electron chi connectivity index (χ2n) is 9.34. The van der Waals surface area contributed by atoms with Crippen LogP contribution in [-0.2, 0) is 11.2 Å². The Labute approximate surface area is 181 Å². The molecule has 2 bridgehead atoms. The summed E-state index contributed by atoms with van der Waals surface area (Å²) in [5.74, 6) is 0.779. The highest BCUT2D eigenvalue weighted by Gasteiger charge is 2.71. The van der Waals surface area contributed by atoms with Crippen LogP contribution < -0.4 is 5.73 Å². The molecule has 3 aliphatic carbocycles. The van der Waals surface area contributed by atoms with Crippen LogP contribution in [0.3, 0.4) is 0 Å². The molecule has 4 nitrogen and oxygen atoms in total. The third-order valence-corrected chi connectivity index (χ3v) is 7.29. The molecule has 6 rings (SSSR count). The molecule has 0 unspecified atom stereocenters. The number of carbonyl (C=O) groups is 1. The van der Waals surface area contributed by atoms with Crippen molar-refractivity contribution >= 4 is 29.2 Å². The molecule has 2 aromatic rings. The minimum absolute atomic E-state index is 0. The van der Waals surface area contributed by atoms with Gasteiger partial charge in [0.1, 0.15) is 11.6 Å². The number of unbranched alkanes of at least 4 members (excludes halogenated alkanes) is 1. The lowest BCUT2D eigenvalue weighted by Gasteiger charge is -2.73. The monoisotopic (exact) mass is 433 g/mol. The zero-order valence-corrected chi connectivity index (χ0v) is 17.7. The fourth-order valence-electron chi connectivity index (χ4n) is 6.31. The SMILES string of the molecule is C#CC(=O)N1[C@@H](CCCC)Cc2c([nH]c3c(F)cc(F)cc23)[C@@H]1C12CC(N)(C1)C2.Cl. The number of fused-ring (bicyclic) bond motifs is 3. The summed E-state index contributed by atoms with van der Waals surface area (Å²) in [5, 5.41) is 0.575. The van der Waals surface area contributed by atoms with Crippen LogP contribution in [0.5, 0.6) is 0 Å². The van der Waals surface area contributed by atoms with Gasteiger partial charge in [0.05, 0.1) is 11.6 Å². The summed E-state index contributed by atoms with van der Waals surface area (Å²) in [6.07, 6.45) is 11.3. The van der Waals surface area contributed by atoms with Gasteiger partial charge in [-0.2, -0.15) is 0 Å². The summed E-state index contributed by atoms with van der Waals surface area (Å²) in [5.41, 5.74) is 8.08. The zero-order chi connectivity index (χ0) is 20.6. The van der Waals surface area contributed by atoms with Crippen LogP contribution >= 0.6 is 12.4 Å². The van der Waals surface area contributed by atoms with E-state index in [-0.39, 0.29) is 41.4 Å². The molecule has 0 radical (unpaired) electrons. The molecular formula is C23H26ClF2N3O. The number of nitrogens with zero attached hydrogens (tertiary/aromatic N) is 1. The van der Waals surface area contributed by atoms with Gasteiger partial charge in [-0.15, -0.1) is 18.8 Å². The molecule has 0 saturated heterocycles. The number of aromatic amines is 1. The number of hydrogen-bond donors (Lipinski definition) is 2. The molecule has 160 valence electrons. The first-order chi connectivity index (χ1) is 13.8. The Balaban J connectivity index is 0.00000218. The number of halogens is 3. The topological polar surface area (TPSA) is 62.1 Å². The van der Waals surface area contributed by atoms with Crippen LogP contribution in [0.25, 0.3) is 10.9 Å². The Hall–Kier alpha value is -2.10. The van der Waals surface area contributed by atoms with E-state index in [0.29, 0.717) is 17.3 Å². The standard InChI is InChI=1S/C23H25F2N3O.ClH/c1-3-5-6-14-9-16-15-7-13(24)8-17(25)19(15)27-20(16)21(28(14)18(29)4-2)22-10-23(26,11-22)12-22;/h2,7-8,14,21,27H,3,5-6,9-12,26H2,1H3;1H/t14-,21+,22?,23?;/m0./s1. The van der Waals surface area contributed by atoms with Crippen molar-refractivity contribution in [3.8, 4) is 12.3 Å². The first-order valence-corrected chi connectivity index (χ1v) is 10.4. The molecule has 0 spiro atoms. The van der Waals surface area contributed by atoms with Crippen molar-refractivity contribution in [3.05, 3.63) is 35.0 Å². The molecule has 1 aromatic carbocycles. The molecule has 1 aliphatic heterocycles. The lowest BCUT2D eigenvalue weighted by atomic mass is 9.36. The number of aromatic nitrogens is 1. The van der Waals surface area contributed by atoms with Gasteiger partial charge in [0, 0.05) is 34.1 Å². The molecule has 2 heterocycles. The molecule has 30 heavy (non-hydrogen) atoms. The van der Waals surface area contributed by atoms with Crippen molar-refractivity contribution in [3.63, 3.8) is 0 Å². The molecule has 3 fully saturated rings. The van der Waals surface area contributed by atoms with E-state index in [1.54, 1.807) is 0 Å². The fraction of sp³-hybridized carbons (Fsp3) is 0.522. The zero-order valence-electron chi connectivity index (χ0n) is 16.9. The lowest BCUT2D eigenvalue weighted by Crippen LogP contribution is -2.76. The van der Waals surface area contributed by atoms with Crippen molar-refractivity contribution in [2.45, 2.75) is 69.5 Å². The van der Waals surface area contributed by atoms with Crippen LogP contribution in [0.2, 0.25) is 0 Å². The van der Waals surface area contributed by atoms with Crippen LogP contribution in [-0.4, -0.2) is 27.4 Å². The van der Waals surface area contributed by atoms with Crippen molar-refractivity contribution in [2.75, 3.05) is 0 Å². The number of benzene rings is 1. The number of amides is 1. The Morgan fingerprint density at radius 3 is 2.67 bits per heavy atom. The van der Waals surface area contributed by atoms with Gasteiger partial charge in [0.2, 0.25) is 0 Å². The van der Waals surface area contributed by atoms with Crippen molar-refractivity contribution < 1.29 is 13.6 Å². The highest BCUT2D eigenvalue weighted by Crippen LogP contribution is 2.73. The number of rotatable bonds is 4. The minimum atomic E-state index is -0.610. The van der Waals surface area contributed by atoms with Gasteiger partial charge in [-0.1, -0.05) is 19.8 Å². The van der Waals surface area contributed by atoms with E-state index < -0.39 is 11.6 Å². The van der Waals surface area contributed by atoms with E-state index in [9.17, 15) is 13.6 Å². The van der Waals surface area contributed by atoms with E-state index in [2.05, 4.69) is 17.8 Å². The molecule has 7 heteroatoms. The van der Waals surface area contributed by atoms with Crippen molar-refractivity contribution in [1.82, 2.24) is 9.88 Å². The number of nitrogens with one attached hydrogen (secondary N) is 1. The highest BCUT2D eigenvalue weighted by molar-refractivity contribution is 5.94. The maximum absolute atomic E-state index is 14.5. The molecule has 1 amide bonds. The average molecular weight is 434 g/mol. The molecule has 4 aliphatic rings. The van der Waals surface area contributed by atoms with Crippen LogP contribution in [0.15, 0.2) is 12.1 Å². The summed E-state index contributed by atoms with van der Waals surface area (Å²) in [4.78, 5) is 18.0. The van der Waals surface area contributed by atoms with Crippen molar-refractivity contribution in [2.24, 2.45) is 11.1 Å². The van der Waals surface area contributed by atoms with Gasteiger partial charge >= 0.3 is 0 Å². The van der Waals surface area contributed by atoms with Gasteiger partial charge in [0.25, 0.3) is 5.91 Å². The number of carbonyl (C=O) groups excluding carboxylic acids is 1. The third kappa shape index (κ3) is 2.79. The quantitative estimate of drug-likeness (QED) is 0.703. The number of terminal acetylenes is 1. The molecular weight excluding hydrogens is 408 g/mol. The minimum Gasteiger partial charge on any atom is -0.354 e. The second kappa shape index (κ2) is 6.96. The summed E-state index contributed by atoms with van der Waals surface area (Å²) in [7, 11) is 0. The summed E-state index contributed by atoms with van der Waals surface area (Å²) in [6, 6.07) is 1.95. The third-order valence-electron chi connectivity index (χ3n) is 7.29. The van der Waals surface area contributed by atoms with Crippen LogP contribution in [0.4, 0.5) is 8.78 Å². The average Bonchev–Trinajstić information content (AvgIpc) is 3.00. The van der Waals surface area contributed by atoms with Crippen LogP contribution in [0, 0.1) is 29.4 Å². The maximum atomic E-state index is 14.5. The Morgan fingerprint density at radius 2 is 2.07 bits per heavy atom. The number of hydrogen-bond acceptors (Lipinski definition) is 2.